The molecule has 16 heavy (non-hydrogen) atoms. The van der Waals surface area contributed by atoms with Crippen molar-refractivity contribution < 1.29 is 0 Å². The number of aromatic nitrogens is 3. The Morgan fingerprint density at radius 2 is 2.31 bits per heavy atom. The van der Waals surface area contributed by atoms with Crippen molar-refractivity contribution in [1.82, 2.24) is 14.6 Å². The van der Waals surface area contributed by atoms with Gasteiger partial charge in [-0.05, 0) is 30.7 Å². The van der Waals surface area contributed by atoms with Crippen LogP contribution in [0.5, 0.6) is 0 Å². The highest BCUT2D eigenvalue weighted by Gasteiger charge is 2.20. The van der Waals surface area contributed by atoms with Crippen LogP contribution in [-0.4, -0.2) is 20.4 Å². The average molecular weight is 234 g/mol. The Labute approximate surface area is 98.2 Å². The Bertz CT molecular complexity index is 502. The topological polar surface area (TPSA) is 56.2 Å². The van der Waals surface area contributed by atoms with Crippen LogP contribution >= 0.6 is 11.8 Å². The summed E-state index contributed by atoms with van der Waals surface area (Å²) in [4.78, 5) is 4.55. The summed E-state index contributed by atoms with van der Waals surface area (Å²) < 4.78 is 1.78. The number of pyridine rings is 1. The standard InChI is InChI=1S/C11H14N4S/c12-8-4-5-10-13-11(14-15(10)7-8)9-3-1-2-6-16-9/h4-5,7,9H,1-3,6,12H2. The van der Waals surface area contributed by atoms with Crippen molar-refractivity contribution >= 4 is 23.1 Å². The van der Waals surface area contributed by atoms with E-state index in [4.69, 9.17) is 5.73 Å². The summed E-state index contributed by atoms with van der Waals surface area (Å²) in [6.07, 6.45) is 5.62. The molecular formula is C11H14N4S. The first kappa shape index (κ1) is 9.96. The van der Waals surface area contributed by atoms with E-state index in [1.54, 1.807) is 4.52 Å². The zero-order valence-corrected chi connectivity index (χ0v) is 9.78. The number of fused-ring (bicyclic) bond motifs is 1. The number of nitrogens with two attached hydrogens (primary N) is 1. The zero-order chi connectivity index (χ0) is 11.0. The predicted molar refractivity (Wildman–Crippen MR) is 66.4 cm³/mol. The fraction of sp³-hybridized carbons (Fsp3) is 0.455. The van der Waals surface area contributed by atoms with Gasteiger partial charge in [0.05, 0.1) is 17.1 Å². The van der Waals surface area contributed by atoms with Crippen molar-refractivity contribution in [2.45, 2.75) is 24.5 Å². The molecule has 0 aromatic carbocycles. The van der Waals surface area contributed by atoms with Gasteiger partial charge in [-0.3, -0.25) is 0 Å². The van der Waals surface area contributed by atoms with E-state index in [0.29, 0.717) is 5.25 Å². The first-order valence-corrected chi connectivity index (χ1v) is 6.61. The Morgan fingerprint density at radius 3 is 3.12 bits per heavy atom. The summed E-state index contributed by atoms with van der Waals surface area (Å²) in [6, 6.07) is 3.78. The first-order valence-electron chi connectivity index (χ1n) is 5.56. The van der Waals surface area contributed by atoms with Crippen LogP contribution < -0.4 is 5.73 Å². The van der Waals surface area contributed by atoms with Gasteiger partial charge in [0.2, 0.25) is 0 Å². The number of hydrogen-bond donors (Lipinski definition) is 1. The van der Waals surface area contributed by atoms with Crippen LogP contribution in [0.4, 0.5) is 5.69 Å². The molecule has 2 aromatic rings. The van der Waals surface area contributed by atoms with Gasteiger partial charge < -0.3 is 5.73 Å². The van der Waals surface area contributed by atoms with Crippen molar-refractivity contribution in [1.29, 1.82) is 0 Å². The first-order chi connectivity index (χ1) is 7.83. The molecule has 1 atom stereocenters. The van der Waals surface area contributed by atoms with Crippen LogP contribution in [0.15, 0.2) is 18.3 Å². The molecule has 2 N–H and O–H groups in total. The summed E-state index contributed by atoms with van der Waals surface area (Å²) in [5.74, 6) is 2.18. The van der Waals surface area contributed by atoms with Crippen LogP contribution in [0.3, 0.4) is 0 Å². The number of thioether (sulfide) groups is 1. The number of anilines is 1. The van der Waals surface area contributed by atoms with E-state index in [-0.39, 0.29) is 0 Å². The van der Waals surface area contributed by atoms with Gasteiger partial charge in [-0.15, -0.1) is 0 Å². The number of nitrogens with zero attached hydrogens (tertiary/aromatic N) is 3. The average Bonchev–Trinajstić information content (AvgIpc) is 2.73. The van der Waals surface area contributed by atoms with Crippen molar-refractivity contribution in [3.8, 4) is 0 Å². The van der Waals surface area contributed by atoms with Crippen LogP contribution in [0.1, 0.15) is 30.3 Å². The van der Waals surface area contributed by atoms with E-state index in [9.17, 15) is 0 Å². The van der Waals surface area contributed by atoms with E-state index in [2.05, 4.69) is 10.1 Å². The highest BCUT2D eigenvalue weighted by molar-refractivity contribution is 7.99. The maximum absolute atomic E-state index is 5.72. The molecule has 0 spiro atoms. The van der Waals surface area contributed by atoms with Gasteiger partial charge in [-0.2, -0.15) is 16.9 Å². The number of hydrogen-bond acceptors (Lipinski definition) is 4. The fourth-order valence-electron chi connectivity index (χ4n) is 2.00. The van der Waals surface area contributed by atoms with E-state index in [1.165, 1.54) is 25.0 Å². The molecule has 0 radical (unpaired) electrons. The lowest BCUT2D eigenvalue weighted by Crippen LogP contribution is -2.04. The lowest BCUT2D eigenvalue weighted by atomic mass is 10.2. The molecule has 3 heterocycles. The Balaban J connectivity index is 1.97. The van der Waals surface area contributed by atoms with Gasteiger partial charge >= 0.3 is 0 Å². The highest BCUT2D eigenvalue weighted by Crippen LogP contribution is 2.36. The molecule has 84 valence electrons. The molecule has 1 aliphatic rings. The number of rotatable bonds is 1. The third kappa shape index (κ3) is 1.75. The maximum Gasteiger partial charge on any atom is 0.164 e. The molecule has 2 aromatic heterocycles. The lowest BCUT2D eigenvalue weighted by molar-refractivity contribution is 0.661. The second-order valence-corrected chi connectivity index (χ2v) is 5.40. The van der Waals surface area contributed by atoms with Crippen LogP contribution in [0, 0.1) is 0 Å². The summed E-state index contributed by atoms with van der Waals surface area (Å²) in [5, 5.41) is 4.97. The lowest BCUT2D eigenvalue weighted by Gasteiger charge is -2.17. The van der Waals surface area contributed by atoms with Crippen molar-refractivity contribution in [2.24, 2.45) is 0 Å². The van der Waals surface area contributed by atoms with E-state index in [1.807, 2.05) is 30.1 Å². The highest BCUT2D eigenvalue weighted by atomic mass is 32.2. The minimum Gasteiger partial charge on any atom is -0.397 e. The van der Waals surface area contributed by atoms with Crippen molar-refractivity contribution in [2.75, 3.05) is 11.5 Å². The molecule has 4 nitrogen and oxygen atoms in total. The van der Waals surface area contributed by atoms with Gasteiger partial charge in [-0.1, -0.05) is 6.42 Å². The van der Waals surface area contributed by atoms with Crippen LogP contribution in [0.2, 0.25) is 0 Å². The van der Waals surface area contributed by atoms with E-state index < -0.39 is 0 Å². The Morgan fingerprint density at radius 1 is 1.38 bits per heavy atom. The zero-order valence-electron chi connectivity index (χ0n) is 8.97. The summed E-state index contributed by atoms with van der Waals surface area (Å²) >= 11 is 1.97. The SMILES string of the molecule is Nc1ccc2nc(C3CCCCS3)nn2c1. The van der Waals surface area contributed by atoms with E-state index in [0.717, 1.165) is 17.2 Å². The van der Waals surface area contributed by atoms with Crippen molar-refractivity contribution in [3.63, 3.8) is 0 Å². The summed E-state index contributed by atoms with van der Waals surface area (Å²) in [7, 11) is 0. The third-order valence-corrected chi connectivity index (χ3v) is 4.21. The molecule has 3 rings (SSSR count). The monoisotopic (exact) mass is 234 g/mol. The number of nitrogen functional groups attached to an aromatic ring is 1. The second-order valence-electron chi connectivity index (χ2n) is 4.09. The minimum absolute atomic E-state index is 0.467. The minimum atomic E-state index is 0.467. The summed E-state index contributed by atoms with van der Waals surface area (Å²) in [6.45, 7) is 0. The fourth-order valence-corrected chi connectivity index (χ4v) is 3.23. The quantitative estimate of drug-likeness (QED) is 0.822. The van der Waals surface area contributed by atoms with Crippen LogP contribution in [-0.2, 0) is 0 Å². The van der Waals surface area contributed by atoms with Crippen LogP contribution in [0.25, 0.3) is 5.65 Å². The molecule has 0 saturated carbocycles. The Hall–Kier alpha value is -1.23. The molecule has 5 heteroatoms. The van der Waals surface area contributed by atoms with Gasteiger partial charge in [0.25, 0.3) is 0 Å². The molecule has 1 saturated heterocycles. The Kier molecular flexibility index (Phi) is 2.47. The largest absolute Gasteiger partial charge is 0.397 e. The van der Waals surface area contributed by atoms with E-state index >= 15 is 0 Å². The molecule has 0 bridgehead atoms. The van der Waals surface area contributed by atoms with Gasteiger partial charge in [0.15, 0.2) is 11.5 Å². The maximum atomic E-state index is 5.72. The predicted octanol–water partition coefficient (Wildman–Crippen LogP) is 2.27. The van der Waals surface area contributed by atoms with Gasteiger partial charge in [0.1, 0.15) is 0 Å². The summed E-state index contributed by atoms with van der Waals surface area (Å²) in [5.41, 5.74) is 7.32. The molecular weight excluding hydrogens is 220 g/mol. The third-order valence-electron chi connectivity index (χ3n) is 2.84. The molecule has 0 amide bonds. The normalized spacial score (nSPS) is 21.4. The van der Waals surface area contributed by atoms with Gasteiger partial charge in [0, 0.05) is 0 Å². The van der Waals surface area contributed by atoms with Gasteiger partial charge in [-0.25, -0.2) is 9.50 Å². The van der Waals surface area contributed by atoms with Crippen molar-refractivity contribution in [3.05, 3.63) is 24.2 Å². The molecule has 1 unspecified atom stereocenters. The second kappa shape index (κ2) is 3.97. The molecule has 1 fully saturated rings. The molecule has 1 aliphatic heterocycles. The molecule has 0 aliphatic carbocycles. The smallest absolute Gasteiger partial charge is 0.164 e.